The molecule has 2 aromatic rings. The molecule has 1 amide bonds. The predicted molar refractivity (Wildman–Crippen MR) is 83.5 cm³/mol. The van der Waals surface area contributed by atoms with Crippen LogP contribution >= 0.6 is 0 Å². The molecule has 0 aliphatic carbocycles. The van der Waals surface area contributed by atoms with E-state index in [2.05, 4.69) is 21.5 Å². The second kappa shape index (κ2) is 5.44. The lowest BCUT2D eigenvalue weighted by Gasteiger charge is -2.30. The van der Waals surface area contributed by atoms with Crippen LogP contribution in [0.15, 0.2) is 12.1 Å². The normalized spacial score (nSPS) is 12.8. The smallest absolute Gasteiger partial charge is 0.224 e. The average molecular weight is 300 g/mol. The number of hydrogen-bond donors (Lipinski definition) is 0. The Morgan fingerprint density at radius 2 is 2.14 bits per heavy atom. The van der Waals surface area contributed by atoms with Crippen LogP contribution in [-0.2, 0) is 17.8 Å². The standard InChI is InChI=1S/C16H20N4O2/c1-5-6-14-17-10(2)13-9-19(11(3)21)12-7-8-15(22-4)18-16(12)20(13)14/h7-8H,5-6,9H2,1-4H3. The van der Waals surface area contributed by atoms with Crippen molar-refractivity contribution in [1.29, 1.82) is 0 Å². The third-order valence-electron chi connectivity index (χ3n) is 3.94. The van der Waals surface area contributed by atoms with Crippen LogP contribution in [0.25, 0.3) is 5.82 Å². The number of ether oxygens (including phenoxy) is 1. The number of carbonyl (C=O) groups is 1. The van der Waals surface area contributed by atoms with E-state index in [0.717, 1.165) is 41.6 Å². The van der Waals surface area contributed by atoms with Crippen LogP contribution in [-0.4, -0.2) is 27.6 Å². The summed E-state index contributed by atoms with van der Waals surface area (Å²) in [5, 5.41) is 0. The van der Waals surface area contributed by atoms with Gasteiger partial charge in [0.05, 0.1) is 30.7 Å². The van der Waals surface area contributed by atoms with Crippen molar-refractivity contribution in [2.75, 3.05) is 12.0 Å². The first-order valence-electron chi connectivity index (χ1n) is 7.47. The minimum Gasteiger partial charge on any atom is -0.481 e. The first kappa shape index (κ1) is 14.6. The molecule has 1 aliphatic heterocycles. The van der Waals surface area contributed by atoms with E-state index in [1.54, 1.807) is 25.0 Å². The number of fused-ring (bicyclic) bond motifs is 3. The van der Waals surface area contributed by atoms with Crippen molar-refractivity contribution in [3.8, 4) is 11.7 Å². The third kappa shape index (κ3) is 2.15. The summed E-state index contributed by atoms with van der Waals surface area (Å²) in [4.78, 5) is 23.0. The zero-order valence-corrected chi connectivity index (χ0v) is 13.4. The van der Waals surface area contributed by atoms with Crippen LogP contribution in [0.3, 0.4) is 0 Å². The van der Waals surface area contributed by atoms with Gasteiger partial charge in [-0.2, -0.15) is 4.98 Å². The Hall–Kier alpha value is -2.37. The number of methoxy groups -OCH3 is 1. The second-order valence-corrected chi connectivity index (χ2v) is 5.45. The van der Waals surface area contributed by atoms with Crippen molar-refractivity contribution >= 4 is 11.6 Å². The monoisotopic (exact) mass is 300 g/mol. The number of rotatable bonds is 3. The Morgan fingerprint density at radius 1 is 1.36 bits per heavy atom. The third-order valence-corrected chi connectivity index (χ3v) is 3.94. The highest BCUT2D eigenvalue weighted by molar-refractivity contribution is 5.94. The molecule has 0 spiro atoms. The Kier molecular flexibility index (Phi) is 3.60. The molecule has 0 saturated carbocycles. The lowest BCUT2D eigenvalue weighted by atomic mass is 10.2. The molecule has 0 bridgehead atoms. The minimum absolute atomic E-state index is 0.00268. The van der Waals surface area contributed by atoms with E-state index in [4.69, 9.17) is 4.74 Å². The van der Waals surface area contributed by atoms with Gasteiger partial charge in [-0.05, 0) is 19.4 Å². The molecule has 3 heterocycles. The van der Waals surface area contributed by atoms with E-state index in [9.17, 15) is 4.79 Å². The van der Waals surface area contributed by atoms with Gasteiger partial charge in [-0.1, -0.05) is 6.92 Å². The van der Waals surface area contributed by atoms with Gasteiger partial charge < -0.3 is 9.64 Å². The molecular weight excluding hydrogens is 280 g/mol. The van der Waals surface area contributed by atoms with Crippen LogP contribution in [0.5, 0.6) is 5.88 Å². The fourth-order valence-electron chi connectivity index (χ4n) is 2.88. The van der Waals surface area contributed by atoms with Crippen molar-refractivity contribution < 1.29 is 9.53 Å². The van der Waals surface area contributed by atoms with Gasteiger partial charge in [-0.15, -0.1) is 0 Å². The molecule has 0 atom stereocenters. The summed E-state index contributed by atoms with van der Waals surface area (Å²) in [6.45, 7) is 6.21. The van der Waals surface area contributed by atoms with Crippen LogP contribution < -0.4 is 9.64 Å². The topological polar surface area (TPSA) is 60.2 Å². The number of carbonyl (C=O) groups excluding carboxylic acids is 1. The van der Waals surface area contributed by atoms with Gasteiger partial charge in [0, 0.05) is 19.4 Å². The number of aryl methyl sites for hydroxylation is 2. The number of aromatic nitrogens is 3. The maximum Gasteiger partial charge on any atom is 0.224 e. The molecule has 0 unspecified atom stereocenters. The number of pyridine rings is 1. The summed E-state index contributed by atoms with van der Waals surface area (Å²) in [6.07, 6.45) is 1.88. The summed E-state index contributed by atoms with van der Waals surface area (Å²) in [7, 11) is 1.59. The number of hydrogen-bond acceptors (Lipinski definition) is 4. The minimum atomic E-state index is -0.00268. The molecule has 2 aromatic heterocycles. The maximum absolute atomic E-state index is 12.0. The highest BCUT2D eigenvalue weighted by Gasteiger charge is 2.30. The zero-order valence-electron chi connectivity index (χ0n) is 13.4. The SMILES string of the molecule is CCCc1nc(C)c2n1-c1nc(OC)ccc1N(C(C)=O)C2. The Bertz CT molecular complexity index is 736. The summed E-state index contributed by atoms with van der Waals surface area (Å²) in [6, 6.07) is 3.67. The largest absolute Gasteiger partial charge is 0.481 e. The number of imidazole rings is 1. The van der Waals surface area contributed by atoms with Gasteiger partial charge >= 0.3 is 0 Å². The highest BCUT2D eigenvalue weighted by Crippen LogP contribution is 2.35. The Balaban J connectivity index is 2.26. The van der Waals surface area contributed by atoms with Crippen molar-refractivity contribution in [1.82, 2.24) is 14.5 Å². The fraction of sp³-hybridized carbons (Fsp3) is 0.438. The Morgan fingerprint density at radius 3 is 2.77 bits per heavy atom. The Labute approximate surface area is 129 Å². The predicted octanol–water partition coefficient (Wildman–Crippen LogP) is 2.40. The molecule has 0 aromatic carbocycles. The molecule has 116 valence electrons. The number of anilines is 1. The van der Waals surface area contributed by atoms with Crippen molar-refractivity contribution in [3.63, 3.8) is 0 Å². The molecule has 0 radical (unpaired) electrons. The summed E-state index contributed by atoms with van der Waals surface area (Å²) in [5.74, 6) is 2.24. The van der Waals surface area contributed by atoms with Crippen LogP contribution in [0.1, 0.15) is 37.5 Å². The van der Waals surface area contributed by atoms with E-state index in [-0.39, 0.29) is 5.91 Å². The van der Waals surface area contributed by atoms with Crippen molar-refractivity contribution in [3.05, 3.63) is 29.3 Å². The highest BCUT2D eigenvalue weighted by atomic mass is 16.5. The summed E-state index contributed by atoms with van der Waals surface area (Å²) < 4.78 is 7.33. The van der Waals surface area contributed by atoms with Crippen LogP contribution in [0.4, 0.5) is 5.69 Å². The molecule has 3 rings (SSSR count). The molecule has 0 saturated heterocycles. The van der Waals surface area contributed by atoms with E-state index in [0.29, 0.717) is 12.4 Å². The van der Waals surface area contributed by atoms with Gasteiger partial charge in [0.1, 0.15) is 5.82 Å². The van der Waals surface area contributed by atoms with Crippen LogP contribution in [0, 0.1) is 6.92 Å². The second-order valence-electron chi connectivity index (χ2n) is 5.45. The van der Waals surface area contributed by atoms with E-state index >= 15 is 0 Å². The average Bonchev–Trinajstić information content (AvgIpc) is 2.82. The first-order chi connectivity index (χ1) is 10.6. The van der Waals surface area contributed by atoms with E-state index < -0.39 is 0 Å². The maximum atomic E-state index is 12.0. The molecule has 0 N–H and O–H groups in total. The van der Waals surface area contributed by atoms with Gasteiger partial charge in [0.25, 0.3) is 0 Å². The summed E-state index contributed by atoms with van der Waals surface area (Å²) >= 11 is 0. The molecule has 6 heteroatoms. The number of amides is 1. The van der Waals surface area contributed by atoms with Gasteiger partial charge in [0.15, 0.2) is 5.82 Å². The number of nitrogens with zero attached hydrogens (tertiary/aromatic N) is 4. The molecule has 0 fully saturated rings. The quantitative estimate of drug-likeness (QED) is 0.873. The molecule has 6 nitrogen and oxygen atoms in total. The lowest BCUT2D eigenvalue weighted by Crippen LogP contribution is -2.34. The van der Waals surface area contributed by atoms with Gasteiger partial charge in [0.2, 0.25) is 11.8 Å². The van der Waals surface area contributed by atoms with Crippen molar-refractivity contribution in [2.45, 2.75) is 40.2 Å². The van der Waals surface area contributed by atoms with Gasteiger partial charge in [-0.25, -0.2) is 4.98 Å². The van der Waals surface area contributed by atoms with Crippen molar-refractivity contribution in [2.24, 2.45) is 0 Å². The van der Waals surface area contributed by atoms with E-state index in [1.807, 2.05) is 13.0 Å². The fourth-order valence-corrected chi connectivity index (χ4v) is 2.88. The lowest BCUT2D eigenvalue weighted by molar-refractivity contribution is -0.116. The van der Waals surface area contributed by atoms with Crippen LogP contribution in [0.2, 0.25) is 0 Å². The van der Waals surface area contributed by atoms with Gasteiger partial charge in [-0.3, -0.25) is 9.36 Å². The molecular formula is C16H20N4O2. The molecule has 1 aliphatic rings. The zero-order chi connectivity index (χ0) is 15.9. The van der Waals surface area contributed by atoms with E-state index in [1.165, 1.54) is 0 Å². The molecule has 22 heavy (non-hydrogen) atoms. The first-order valence-corrected chi connectivity index (χ1v) is 7.47. The summed E-state index contributed by atoms with van der Waals surface area (Å²) in [5.41, 5.74) is 2.77.